The molecule has 26 heavy (non-hydrogen) atoms. The van der Waals surface area contributed by atoms with E-state index < -0.39 is 11.9 Å². The standard InChI is InChI=1S/C15H17FN2.C4H4O4/c1-15(2,13-8-3-4-9-18-13)14(17)11-6-5-7-12(16)10-11;5-3(6)1-2-4(7)8/h3-10,14H,17H2,1-2H3;1-2H,(H,5,6)(H,7,8)/t14-;/m0./s1. The Labute approximate surface area is 150 Å². The van der Waals surface area contributed by atoms with Gasteiger partial charge in [-0.25, -0.2) is 14.0 Å². The molecule has 0 amide bonds. The minimum Gasteiger partial charge on any atom is -0.478 e. The molecule has 1 aromatic carbocycles. The van der Waals surface area contributed by atoms with Gasteiger partial charge >= 0.3 is 11.9 Å². The molecular weight excluding hydrogens is 339 g/mol. The third kappa shape index (κ3) is 6.45. The summed E-state index contributed by atoms with van der Waals surface area (Å²) in [4.78, 5) is 23.5. The lowest BCUT2D eigenvalue weighted by Gasteiger charge is -2.31. The van der Waals surface area contributed by atoms with Crippen LogP contribution in [0.5, 0.6) is 0 Å². The molecule has 1 atom stereocenters. The number of rotatable bonds is 5. The topological polar surface area (TPSA) is 114 Å². The fourth-order valence-electron chi connectivity index (χ4n) is 2.16. The minimum atomic E-state index is -1.26. The molecular formula is C19H21FN2O4. The Hall–Kier alpha value is -3.06. The van der Waals surface area contributed by atoms with Crippen molar-refractivity contribution >= 4 is 11.9 Å². The predicted octanol–water partition coefficient (Wildman–Crippen LogP) is 2.91. The van der Waals surface area contributed by atoms with Crippen LogP contribution in [0.4, 0.5) is 4.39 Å². The van der Waals surface area contributed by atoms with Crippen LogP contribution in [0.3, 0.4) is 0 Å². The first kappa shape index (κ1) is 21.0. The number of hydrogen-bond donors (Lipinski definition) is 3. The van der Waals surface area contributed by atoms with Gasteiger partial charge in [-0.3, -0.25) is 4.98 Å². The van der Waals surface area contributed by atoms with Gasteiger partial charge in [-0.1, -0.05) is 32.0 Å². The van der Waals surface area contributed by atoms with Crippen molar-refractivity contribution in [1.29, 1.82) is 0 Å². The quantitative estimate of drug-likeness (QED) is 0.707. The number of carbonyl (C=O) groups is 2. The SMILES string of the molecule is CC(C)(c1ccccn1)[C@@H](N)c1cccc(F)c1.O=C(O)C=CC(=O)O. The van der Waals surface area contributed by atoms with Gasteiger partial charge in [-0.15, -0.1) is 0 Å². The lowest BCUT2D eigenvalue weighted by Crippen LogP contribution is -2.34. The first-order valence-corrected chi connectivity index (χ1v) is 7.71. The summed E-state index contributed by atoms with van der Waals surface area (Å²) >= 11 is 0. The third-order valence-electron chi connectivity index (χ3n) is 3.68. The van der Waals surface area contributed by atoms with Crippen LogP contribution in [-0.2, 0) is 15.0 Å². The van der Waals surface area contributed by atoms with Crippen molar-refractivity contribution < 1.29 is 24.2 Å². The lowest BCUT2D eigenvalue weighted by atomic mass is 9.78. The summed E-state index contributed by atoms with van der Waals surface area (Å²) in [6, 6.07) is 11.9. The second kappa shape index (κ2) is 9.43. The highest BCUT2D eigenvalue weighted by Gasteiger charge is 2.31. The molecule has 0 saturated carbocycles. The smallest absolute Gasteiger partial charge is 0.328 e. The van der Waals surface area contributed by atoms with E-state index in [-0.39, 0.29) is 17.3 Å². The lowest BCUT2D eigenvalue weighted by molar-refractivity contribution is -0.134. The Balaban J connectivity index is 0.000000359. The van der Waals surface area contributed by atoms with Crippen LogP contribution in [0, 0.1) is 5.82 Å². The van der Waals surface area contributed by atoms with Crippen molar-refractivity contribution in [2.24, 2.45) is 5.73 Å². The maximum atomic E-state index is 13.2. The largest absolute Gasteiger partial charge is 0.478 e. The number of carboxylic acids is 2. The van der Waals surface area contributed by atoms with Crippen molar-refractivity contribution in [2.75, 3.05) is 0 Å². The van der Waals surface area contributed by atoms with Crippen LogP contribution in [0.1, 0.15) is 31.1 Å². The van der Waals surface area contributed by atoms with Gasteiger partial charge in [0.05, 0.1) is 0 Å². The van der Waals surface area contributed by atoms with Crippen LogP contribution in [0.25, 0.3) is 0 Å². The summed E-state index contributed by atoms with van der Waals surface area (Å²) in [5.41, 5.74) is 7.60. The first-order valence-electron chi connectivity index (χ1n) is 7.71. The number of halogens is 1. The molecule has 4 N–H and O–H groups in total. The number of benzene rings is 1. The monoisotopic (exact) mass is 360 g/mol. The zero-order chi connectivity index (χ0) is 19.7. The Kier molecular flexibility index (Phi) is 7.61. The van der Waals surface area contributed by atoms with E-state index in [2.05, 4.69) is 4.98 Å². The molecule has 2 rings (SSSR count). The molecule has 0 saturated heterocycles. The van der Waals surface area contributed by atoms with Crippen molar-refractivity contribution in [3.8, 4) is 0 Å². The molecule has 0 fully saturated rings. The maximum Gasteiger partial charge on any atom is 0.328 e. The van der Waals surface area contributed by atoms with Crippen LogP contribution in [0.15, 0.2) is 60.8 Å². The number of nitrogens with two attached hydrogens (primary N) is 1. The van der Waals surface area contributed by atoms with Gasteiger partial charge in [0.25, 0.3) is 0 Å². The molecule has 7 heteroatoms. The molecule has 1 aromatic heterocycles. The molecule has 0 radical (unpaired) electrons. The average Bonchev–Trinajstić information content (AvgIpc) is 2.60. The molecule has 0 aliphatic rings. The van der Waals surface area contributed by atoms with Crippen LogP contribution in [0.2, 0.25) is 0 Å². The highest BCUT2D eigenvalue weighted by molar-refractivity contribution is 5.89. The second-order valence-corrected chi connectivity index (χ2v) is 5.98. The fraction of sp³-hybridized carbons (Fsp3) is 0.211. The number of aromatic nitrogens is 1. The minimum absolute atomic E-state index is 0.264. The first-order chi connectivity index (χ1) is 12.1. The molecule has 0 unspecified atom stereocenters. The molecule has 1 heterocycles. The van der Waals surface area contributed by atoms with E-state index in [4.69, 9.17) is 15.9 Å². The number of carboxylic acid groups (broad SMARTS) is 2. The summed E-state index contributed by atoms with van der Waals surface area (Å²) < 4.78 is 13.2. The van der Waals surface area contributed by atoms with Crippen molar-refractivity contribution in [1.82, 2.24) is 4.98 Å². The van der Waals surface area contributed by atoms with E-state index in [0.29, 0.717) is 12.2 Å². The van der Waals surface area contributed by atoms with E-state index in [1.54, 1.807) is 12.3 Å². The van der Waals surface area contributed by atoms with Crippen molar-refractivity contribution in [3.63, 3.8) is 0 Å². The van der Waals surface area contributed by atoms with Gasteiger partial charge in [-0.2, -0.15) is 0 Å². The Morgan fingerprint density at radius 3 is 2.19 bits per heavy atom. The Bertz CT molecular complexity index is 760. The van der Waals surface area contributed by atoms with Crippen LogP contribution in [-0.4, -0.2) is 27.1 Å². The highest BCUT2D eigenvalue weighted by Crippen LogP contribution is 2.33. The summed E-state index contributed by atoms with van der Waals surface area (Å²) in [7, 11) is 0. The maximum absolute atomic E-state index is 13.2. The fourth-order valence-corrected chi connectivity index (χ4v) is 2.16. The zero-order valence-corrected chi connectivity index (χ0v) is 14.5. The molecule has 0 bridgehead atoms. The second-order valence-electron chi connectivity index (χ2n) is 5.98. The molecule has 6 nitrogen and oxygen atoms in total. The van der Waals surface area contributed by atoms with Gasteiger partial charge in [-0.05, 0) is 29.8 Å². The van der Waals surface area contributed by atoms with Gasteiger partial charge in [0, 0.05) is 35.5 Å². The molecule has 0 spiro atoms. The van der Waals surface area contributed by atoms with Crippen LogP contribution < -0.4 is 5.73 Å². The van der Waals surface area contributed by atoms with Gasteiger partial charge in [0.1, 0.15) is 5.82 Å². The molecule has 0 aliphatic heterocycles. The number of nitrogens with zero attached hydrogens (tertiary/aromatic N) is 1. The van der Waals surface area contributed by atoms with Crippen molar-refractivity contribution in [3.05, 3.63) is 77.9 Å². The van der Waals surface area contributed by atoms with E-state index in [0.717, 1.165) is 11.3 Å². The molecule has 138 valence electrons. The average molecular weight is 360 g/mol. The normalized spacial score (nSPS) is 12.2. The predicted molar refractivity (Wildman–Crippen MR) is 95.0 cm³/mol. The van der Waals surface area contributed by atoms with E-state index in [9.17, 15) is 14.0 Å². The van der Waals surface area contributed by atoms with Gasteiger partial charge in [0.15, 0.2) is 0 Å². The Morgan fingerprint density at radius 1 is 1.12 bits per heavy atom. The van der Waals surface area contributed by atoms with E-state index in [1.165, 1.54) is 12.1 Å². The summed E-state index contributed by atoms with van der Waals surface area (Å²) in [6.45, 7) is 4.04. The highest BCUT2D eigenvalue weighted by atomic mass is 19.1. The third-order valence-corrected chi connectivity index (χ3v) is 3.68. The number of aliphatic carboxylic acids is 2. The van der Waals surface area contributed by atoms with Gasteiger partial charge < -0.3 is 15.9 Å². The van der Waals surface area contributed by atoms with Crippen LogP contribution >= 0.6 is 0 Å². The molecule has 0 aliphatic carbocycles. The van der Waals surface area contributed by atoms with E-state index in [1.807, 2.05) is 38.1 Å². The number of pyridine rings is 1. The summed E-state index contributed by atoms with van der Waals surface area (Å²) in [5.74, 6) is -2.78. The number of hydrogen-bond acceptors (Lipinski definition) is 4. The Morgan fingerprint density at radius 2 is 1.73 bits per heavy atom. The summed E-state index contributed by atoms with van der Waals surface area (Å²) in [5, 5.41) is 15.6. The molecule has 2 aromatic rings. The zero-order valence-electron chi connectivity index (χ0n) is 14.5. The van der Waals surface area contributed by atoms with E-state index >= 15 is 0 Å². The van der Waals surface area contributed by atoms with Gasteiger partial charge in [0.2, 0.25) is 0 Å². The van der Waals surface area contributed by atoms with Crippen molar-refractivity contribution in [2.45, 2.75) is 25.3 Å². The summed E-state index contributed by atoms with van der Waals surface area (Å²) in [6.07, 6.45) is 2.86.